The van der Waals surface area contributed by atoms with Gasteiger partial charge in [-0.3, -0.25) is 0 Å². The van der Waals surface area contributed by atoms with Crippen LogP contribution in [0.3, 0.4) is 0 Å². The fourth-order valence-electron chi connectivity index (χ4n) is 1.32. The Kier molecular flexibility index (Phi) is 5.12. The van der Waals surface area contributed by atoms with Gasteiger partial charge in [-0.05, 0) is 12.5 Å². The van der Waals surface area contributed by atoms with Crippen LogP contribution in [0, 0.1) is 0 Å². The predicted octanol–water partition coefficient (Wildman–Crippen LogP) is 2.20. The number of hydrogen-bond acceptors (Lipinski definition) is 3. The van der Waals surface area contributed by atoms with E-state index in [9.17, 15) is 4.79 Å². The van der Waals surface area contributed by atoms with E-state index in [4.69, 9.17) is 0 Å². The second-order valence-corrected chi connectivity index (χ2v) is 3.39. The van der Waals surface area contributed by atoms with Gasteiger partial charge in [0, 0.05) is 25.4 Å². The molecule has 0 aliphatic rings. The summed E-state index contributed by atoms with van der Waals surface area (Å²) in [4.78, 5) is 13.0. The van der Waals surface area contributed by atoms with Crippen LogP contribution in [0.1, 0.15) is 12.5 Å². The summed E-state index contributed by atoms with van der Waals surface area (Å²) < 4.78 is 4.54. The SMILES string of the molecule is CCN(/C=C/C(=O)OC)Cc1ccccc1. The number of carbonyl (C=O) groups is 1. The van der Waals surface area contributed by atoms with Crippen molar-refractivity contribution in [3.63, 3.8) is 0 Å². The molecule has 3 nitrogen and oxygen atoms in total. The van der Waals surface area contributed by atoms with Gasteiger partial charge in [0.2, 0.25) is 0 Å². The van der Waals surface area contributed by atoms with E-state index < -0.39 is 0 Å². The van der Waals surface area contributed by atoms with E-state index in [0.717, 1.165) is 13.1 Å². The summed E-state index contributed by atoms with van der Waals surface area (Å²) in [6, 6.07) is 10.1. The second-order valence-electron chi connectivity index (χ2n) is 3.39. The molecule has 1 aromatic carbocycles. The number of ether oxygens (including phenoxy) is 1. The van der Waals surface area contributed by atoms with Gasteiger partial charge in [0.1, 0.15) is 0 Å². The van der Waals surface area contributed by atoms with Gasteiger partial charge in [0.25, 0.3) is 0 Å². The molecule has 0 N–H and O–H groups in total. The van der Waals surface area contributed by atoms with Crippen LogP contribution in [0.2, 0.25) is 0 Å². The van der Waals surface area contributed by atoms with Gasteiger partial charge in [0.05, 0.1) is 7.11 Å². The Labute approximate surface area is 96.3 Å². The highest BCUT2D eigenvalue weighted by molar-refractivity contribution is 5.81. The lowest BCUT2D eigenvalue weighted by Gasteiger charge is -2.17. The zero-order chi connectivity index (χ0) is 11.8. The van der Waals surface area contributed by atoms with Crippen molar-refractivity contribution in [2.75, 3.05) is 13.7 Å². The first kappa shape index (κ1) is 12.3. The van der Waals surface area contributed by atoms with Crippen LogP contribution in [-0.2, 0) is 16.1 Å². The average molecular weight is 219 g/mol. The smallest absolute Gasteiger partial charge is 0.331 e. The number of hydrogen-bond donors (Lipinski definition) is 0. The summed E-state index contributed by atoms with van der Waals surface area (Å²) >= 11 is 0. The van der Waals surface area contributed by atoms with E-state index in [0.29, 0.717) is 0 Å². The Morgan fingerprint density at radius 3 is 2.62 bits per heavy atom. The third-order valence-corrected chi connectivity index (χ3v) is 2.26. The molecule has 0 radical (unpaired) electrons. The fraction of sp³-hybridized carbons (Fsp3) is 0.308. The molecule has 0 atom stereocenters. The molecule has 0 amide bonds. The van der Waals surface area contributed by atoms with Crippen molar-refractivity contribution in [2.45, 2.75) is 13.5 Å². The number of carbonyl (C=O) groups excluding carboxylic acids is 1. The molecule has 0 aromatic heterocycles. The van der Waals surface area contributed by atoms with Crippen molar-refractivity contribution in [1.29, 1.82) is 0 Å². The van der Waals surface area contributed by atoms with Gasteiger partial charge in [0.15, 0.2) is 0 Å². The molecule has 1 aromatic rings. The molecule has 1 rings (SSSR count). The third kappa shape index (κ3) is 4.17. The van der Waals surface area contributed by atoms with Crippen molar-refractivity contribution in [3.05, 3.63) is 48.2 Å². The zero-order valence-corrected chi connectivity index (χ0v) is 9.72. The highest BCUT2D eigenvalue weighted by Gasteiger charge is 1.99. The first-order chi connectivity index (χ1) is 7.76. The van der Waals surface area contributed by atoms with E-state index in [2.05, 4.69) is 16.9 Å². The second kappa shape index (κ2) is 6.67. The van der Waals surface area contributed by atoms with Crippen molar-refractivity contribution < 1.29 is 9.53 Å². The van der Waals surface area contributed by atoms with E-state index in [1.165, 1.54) is 18.7 Å². The Hall–Kier alpha value is -1.77. The Balaban J connectivity index is 2.56. The normalized spacial score (nSPS) is 10.4. The van der Waals surface area contributed by atoms with Gasteiger partial charge in [-0.2, -0.15) is 0 Å². The van der Waals surface area contributed by atoms with E-state index in [-0.39, 0.29) is 5.97 Å². The van der Waals surface area contributed by atoms with E-state index in [1.54, 1.807) is 6.20 Å². The summed E-state index contributed by atoms with van der Waals surface area (Å²) in [5.74, 6) is -0.327. The molecular weight excluding hydrogens is 202 g/mol. The predicted molar refractivity (Wildman–Crippen MR) is 63.7 cm³/mol. The zero-order valence-electron chi connectivity index (χ0n) is 9.72. The molecule has 16 heavy (non-hydrogen) atoms. The Bertz CT molecular complexity index is 346. The molecule has 0 bridgehead atoms. The van der Waals surface area contributed by atoms with E-state index >= 15 is 0 Å². The lowest BCUT2D eigenvalue weighted by atomic mass is 10.2. The van der Waals surface area contributed by atoms with Gasteiger partial charge >= 0.3 is 5.97 Å². The maximum absolute atomic E-state index is 10.9. The van der Waals surface area contributed by atoms with Crippen LogP contribution in [0.5, 0.6) is 0 Å². The summed E-state index contributed by atoms with van der Waals surface area (Å²) in [6.45, 7) is 3.69. The number of esters is 1. The molecule has 86 valence electrons. The molecule has 0 saturated heterocycles. The molecule has 0 unspecified atom stereocenters. The molecule has 0 aliphatic heterocycles. The van der Waals surface area contributed by atoms with E-state index in [1.807, 2.05) is 30.0 Å². The van der Waals surface area contributed by atoms with Crippen LogP contribution in [0.25, 0.3) is 0 Å². The van der Waals surface area contributed by atoms with Gasteiger partial charge < -0.3 is 9.64 Å². The number of benzene rings is 1. The molecule has 0 spiro atoms. The molecule has 0 heterocycles. The Morgan fingerprint density at radius 1 is 1.38 bits per heavy atom. The highest BCUT2D eigenvalue weighted by Crippen LogP contribution is 2.04. The van der Waals surface area contributed by atoms with Crippen molar-refractivity contribution in [3.8, 4) is 0 Å². The third-order valence-electron chi connectivity index (χ3n) is 2.26. The number of rotatable bonds is 5. The van der Waals surface area contributed by atoms with Crippen molar-refractivity contribution >= 4 is 5.97 Å². The molecule has 3 heteroatoms. The molecule has 0 saturated carbocycles. The minimum Gasteiger partial charge on any atom is -0.466 e. The summed E-state index contributed by atoms with van der Waals surface area (Å²) in [7, 11) is 1.38. The summed E-state index contributed by atoms with van der Waals surface area (Å²) in [5.41, 5.74) is 1.22. The van der Waals surface area contributed by atoms with Crippen LogP contribution in [0.4, 0.5) is 0 Å². The molecular formula is C13H17NO2. The van der Waals surface area contributed by atoms with Crippen molar-refractivity contribution in [1.82, 2.24) is 4.90 Å². The molecule has 0 fully saturated rings. The van der Waals surface area contributed by atoms with Crippen LogP contribution in [-0.4, -0.2) is 24.5 Å². The number of methoxy groups -OCH3 is 1. The van der Waals surface area contributed by atoms with Gasteiger partial charge in [-0.1, -0.05) is 30.3 Å². The van der Waals surface area contributed by atoms with Crippen LogP contribution >= 0.6 is 0 Å². The van der Waals surface area contributed by atoms with Gasteiger partial charge in [-0.25, -0.2) is 4.79 Å². The highest BCUT2D eigenvalue weighted by atomic mass is 16.5. The maximum atomic E-state index is 10.9. The quantitative estimate of drug-likeness (QED) is 0.561. The molecule has 0 aliphatic carbocycles. The van der Waals surface area contributed by atoms with Crippen molar-refractivity contribution in [2.24, 2.45) is 0 Å². The number of nitrogens with zero attached hydrogens (tertiary/aromatic N) is 1. The lowest BCUT2D eigenvalue weighted by Crippen LogP contribution is -2.16. The fourth-order valence-corrected chi connectivity index (χ4v) is 1.32. The van der Waals surface area contributed by atoms with Gasteiger partial charge in [-0.15, -0.1) is 0 Å². The van der Waals surface area contributed by atoms with Crippen LogP contribution < -0.4 is 0 Å². The summed E-state index contributed by atoms with van der Waals surface area (Å²) in [5, 5.41) is 0. The monoisotopic (exact) mass is 219 g/mol. The lowest BCUT2D eigenvalue weighted by molar-refractivity contribution is -0.134. The maximum Gasteiger partial charge on any atom is 0.331 e. The largest absolute Gasteiger partial charge is 0.466 e. The minimum absolute atomic E-state index is 0.327. The Morgan fingerprint density at radius 2 is 2.06 bits per heavy atom. The topological polar surface area (TPSA) is 29.5 Å². The minimum atomic E-state index is -0.327. The summed E-state index contributed by atoms with van der Waals surface area (Å²) in [6.07, 6.45) is 3.20. The average Bonchev–Trinajstić information content (AvgIpc) is 2.35. The standard InChI is InChI=1S/C13H17NO2/c1-3-14(10-9-13(15)16-2)11-12-7-5-4-6-8-12/h4-10H,3,11H2,1-2H3/b10-9+. The van der Waals surface area contributed by atoms with Crippen LogP contribution in [0.15, 0.2) is 42.6 Å². The first-order valence-corrected chi connectivity index (χ1v) is 5.30. The first-order valence-electron chi connectivity index (χ1n) is 5.30.